The number of ether oxygens (including phenoxy) is 4. The van der Waals surface area contributed by atoms with Crippen molar-refractivity contribution in [3.05, 3.63) is 0 Å². The zero-order valence-electron chi connectivity index (χ0n) is 63.7. The number of aliphatic hydroxyl groups is 1. The van der Waals surface area contributed by atoms with Crippen LogP contribution in [0.1, 0.15) is 396 Å². The van der Waals surface area contributed by atoms with Crippen molar-refractivity contribution < 1.29 is 80.2 Å². The van der Waals surface area contributed by atoms with Gasteiger partial charge in [-0.2, -0.15) is 0 Å². The van der Waals surface area contributed by atoms with Crippen molar-refractivity contribution in [3.63, 3.8) is 0 Å². The molecule has 0 heterocycles. The molecule has 0 saturated heterocycles. The van der Waals surface area contributed by atoms with E-state index in [1.165, 1.54) is 193 Å². The van der Waals surface area contributed by atoms with Crippen LogP contribution >= 0.6 is 15.6 Å². The summed E-state index contributed by atoms with van der Waals surface area (Å²) in [5, 5.41) is 10.6. The van der Waals surface area contributed by atoms with Gasteiger partial charge in [-0.05, 0) is 49.4 Å². The van der Waals surface area contributed by atoms with E-state index in [2.05, 4.69) is 55.4 Å². The Morgan fingerprint density at radius 1 is 0.289 bits per heavy atom. The molecule has 0 aliphatic carbocycles. The number of carbonyl (C=O) groups is 4. The Morgan fingerprint density at radius 3 is 0.732 bits per heavy atom. The summed E-state index contributed by atoms with van der Waals surface area (Å²) in [6.45, 7) is 14.2. The quantitative estimate of drug-likeness (QED) is 0.0222. The standard InChI is InChI=1S/C78H152O17P2/c1-9-71(8)57-49-41-36-37-43-51-59-76(81)89-65-74(95-77(82)60-52-44-34-28-21-16-12-10-11-14-18-24-30-38-46-54-68(2)3)67-93-97(86,87)91-63-72(79)62-90-96(84,85)92-66-73(94-78(83)61-53-45-35-29-23-22-26-32-40-48-56-70(6)7)64-88-75(80)58-50-42-33-27-20-17-13-15-19-25-31-39-47-55-69(4)5/h68-74,79H,9-67H2,1-8H3,(H,84,85)(H,86,87)/t71?,72-,73-,74-/m1/s1. The molecule has 19 heteroatoms. The molecule has 0 saturated carbocycles. The molecular weight excluding hydrogens is 1270 g/mol. The Hall–Kier alpha value is -1.94. The number of unbranched alkanes of at least 4 members (excludes halogenated alkanes) is 40. The second-order valence-electron chi connectivity index (χ2n) is 29.8. The van der Waals surface area contributed by atoms with Gasteiger partial charge in [0.15, 0.2) is 12.2 Å². The van der Waals surface area contributed by atoms with E-state index in [9.17, 15) is 43.2 Å². The van der Waals surface area contributed by atoms with Gasteiger partial charge in [0.2, 0.25) is 0 Å². The lowest BCUT2D eigenvalue weighted by molar-refractivity contribution is -0.161. The highest BCUT2D eigenvalue weighted by molar-refractivity contribution is 7.47. The van der Waals surface area contributed by atoms with E-state index in [1.807, 2.05) is 0 Å². The molecule has 0 radical (unpaired) electrons. The van der Waals surface area contributed by atoms with Crippen LogP contribution in [-0.4, -0.2) is 96.7 Å². The summed E-state index contributed by atoms with van der Waals surface area (Å²) in [5.41, 5.74) is 0. The molecule has 17 nitrogen and oxygen atoms in total. The molecule has 0 rings (SSSR count). The molecule has 0 fully saturated rings. The van der Waals surface area contributed by atoms with Gasteiger partial charge in [-0.25, -0.2) is 9.13 Å². The lowest BCUT2D eigenvalue weighted by Gasteiger charge is -2.21. The number of phosphoric acid groups is 2. The van der Waals surface area contributed by atoms with Crippen molar-refractivity contribution in [2.45, 2.75) is 414 Å². The number of phosphoric ester groups is 2. The molecule has 0 aliphatic heterocycles. The van der Waals surface area contributed by atoms with Gasteiger partial charge in [0, 0.05) is 25.7 Å². The summed E-state index contributed by atoms with van der Waals surface area (Å²) in [6.07, 6.45) is 52.7. The predicted molar refractivity (Wildman–Crippen MR) is 395 cm³/mol. The van der Waals surface area contributed by atoms with Crippen molar-refractivity contribution in [2.24, 2.45) is 23.7 Å². The molecule has 0 spiro atoms. The van der Waals surface area contributed by atoms with Gasteiger partial charge >= 0.3 is 39.5 Å². The zero-order valence-corrected chi connectivity index (χ0v) is 65.5. The molecule has 0 aliphatic rings. The zero-order chi connectivity index (χ0) is 71.7. The normalized spacial score (nSPS) is 14.4. The van der Waals surface area contributed by atoms with Crippen molar-refractivity contribution in [1.82, 2.24) is 0 Å². The molecular formula is C78H152O17P2. The van der Waals surface area contributed by atoms with E-state index in [0.29, 0.717) is 25.7 Å². The predicted octanol–water partition coefficient (Wildman–Crippen LogP) is 22.8. The third kappa shape index (κ3) is 70.9. The van der Waals surface area contributed by atoms with E-state index in [-0.39, 0.29) is 25.7 Å². The molecule has 3 unspecified atom stereocenters. The topological polar surface area (TPSA) is 237 Å². The lowest BCUT2D eigenvalue weighted by atomic mass is 10.00. The molecule has 0 aromatic heterocycles. The van der Waals surface area contributed by atoms with Gasteiger partial charge in [0.1, 0.15) is 19.3 Å². The molecule has 0 aromatic carbocycles. The van der Waals surface area contributed by atoms with E-state index in [1.54, 1.807) is 0 Å². The highest BCUT2D eigenvalue weighted by atomic mass is 31.2. The van der Waals surface area contributed by atoms with Gasteiger partial charge in [0.25, 0.3) is 0 Å². The first-order valence-electron chi connectivity index (χ1n) is 40.2. The van der Waals surface area contributed by atoms with Crippen molar-refractivity contribution in [3.8, 4) is 0 Å². The van der Waals surface area contributed by atoms with Gasteiger partial charge in [-0.1, -0.05) is 344 Å². The number of esters is 4. The van der Waals surface area contributed by atoms with Crippen LogP contribution in [0.15, 0.2) is 0 Å². The fourth-order valence-electron chi connectivity index (χ4n) is 11.9. The first-order valence-corrected chi connectivity index (χ1v) is 43.2. The first kappa shape index (κ1) is 95.1. The highest BCUT2D eigenvalue weighted by Gasteiger charge is 2.30. The van der Waals surface area contributed by atoms with Gasteiger partial charge in [-0.15, -0.1) is 0 Å². The Morgan fingerprint density at radius 2 is 0.495 bits per heavy atom. The minimum absolute atomic E-state index is 0.106. The summed E-state index contributed by atoms with van der Waals surface area (Å²) < 4.78 is 68.6. The molecule has 0 bridgehead atoms. The largest absolute Gasteiger partial charge is 0.472 e. The molecule has 3 N–H and O–H groups in total. The van der Waals surface area contributed by atoms with Gasteiger partial charge in [-0.3, -0.25) is 37.3 Å². The Kier molecular flexibility index (Phi) is 65.9. The highest BCUT2D eigenvalue weighted by Crippen LogP contribution is 2.45. The van der Waals surface area contributed by atoms with E-state index < -0.39 is 97.5 Å². The maximum Gasteiger partial charge on any atom is 0.472 e. The fourth-order valence-corrected chi connectivity index (χ4v) is 13.5. The molecule has 97 heavy (non-hydrogen) atoms. The fraction of sp³-hybridized carbons (Fsp3) is 0.949. The summed E-state index contributed by atoms with van der Waals surface area (Å²) in [6, 6.07) is 0. The number of hydrogen-bond donors (Lipinski definition) is 3. The monoisotopic (exact) mass is 1420 g/mol. The maximum atomic E-state index is 13.1. The van der Waals surface area contributed by atoms with E-state index in [0.717, 1.165) is 120 Å². The van der Waals surface area contributed by atoms with Crippen LogP contribution < -0.4 is 0 Å². The third-order valence-corrected chi connectivity index (χ3v) is 20.3. The van der Waals surface area contributed by atoms with Crippen molar-refractivity contribution >= 4 is 39.5 Å². The number of aliphatic hydroxyl groups excluding tert-OH is 1. The number of rotatable bonds is 75. The smallest absolute Gasteiger partial charge is 0.462 e. The van der Waals surface area contributed by atoms with Crippen molar-refractivity contribution in [2.75, 3.05) is 39.6 Å². The van der Waals surface area contributed by atoms with Crippen LogP contribution in [-0.2, 0) is 65.4 Å². The van der Waals surface area contributed by atoms with Crippen LogP contribution in [0.2, 0.25) is 0 Å². The summed E-state index contributed by atoms with van der Waals surface area (Å²) in [4.78, 5) is 72.9. The average Bonchev–Trinajstić information content (AvgIpc) is 1.35. The lowest BCUT2D eigenvalue weighted by Crippen LogP contribution is -2.30. The van der Waals surface area contributed by atoms with Crippen LogP contribution in [0.25, 0.3) is 0 Å². The van der Waals surface area contributed by atoms with Gasteiger partial charge in [0.05, 0.1) is 26.4 Å². The SMILES string of the molecule is CCC(C)CCCCCCCCC(=O)OC[C@H](COP(=O)(O)OC[C@H](O)COP(=O)(O)OC[C@@H](COC(=O)CCCCCCCCCCCCCCCC(C)C)OC(=O)CCCCCCCCCCCCC(C)C)OC(=O)CCCCCCCCCCCCCCCCCC(C)C. The van der Waals surface area contributed by atoms with Crippen LogP contribution in [0.4, 0.5) is 0 Å². The molecule has 0 amide bonds. The summed E-state index contributed by atoms with van der Waals surface area (Å²) >= 11 is 0. The average molecular weight is 1420 g/mol. The second-order valence-corrected chi connectivity index (χ2v) is 32.7. The Bertz CT molecular complexity index is 1900. The van der Waals surface area contributed by atoms with Crippen molar-refractivity contribution in [1.29, 1.82) is 0 Å². The van der Waals surface area contributed by atoms with E-state index in [4.69, 9.17) is 37.0 Å². The second kappa shape index (κ2) is 67.2. The van der Waals surface area contributed by atoms with Crippen LogP contribution in [0.5, 0.6) is 0 Å². The summed E-state index contributed by atoms with van der Waals surface area (Å²) in [7, 11) is -9.92. The minimum atomic E-state index is -4.96. The van der Waals surface area contributed by atoms with Crippen LogP contribution in [0, 0.1) is 23.7 Å². The maximum absolute atomic E-state index is 13.1. The summed E-state index contributed by atoms with van der Waals surface area (Å²) in [5.74, 6) is 0.958. The molecule has 576 valence electrons. The minimum Gasteiger partial charge on any atom is -0.462 e. The van der Waals surface area contributed by atoms with Gasteiger partial charge < -0.3 is 33.8 Å². The third-order valence-electron chi connectivity index (χ3n) is 18.4. The van der Waals surface area contributed by atoms with E-state index >= 15 is 0 Å². The Balaban J connectivity index is 5.23. The Labute approximate surface area is 594 Å². The first-order chi connectivity index (χ1) is 46.6. The molecule has 0 aromatic rings. The van der Waals surface area contributed by atoms with Crippen LogP contribution in [0.3, 0.4) is 0 Å². The number of hydrogen-bond acceptors (Lipinski definition) is 15. The molecule has 6 atom stereocenters. The number of carbonyl (C=O) groups excluding carboxylic acids is 4.